The molecule has 0 radical (unpaired) electrons. The quantitative estimate of drug-likeness (QED) is 0.246. The van der Waals surface area contributed by atoms with E-state index in [0.29, 0.717) is 6.29 Å². The first-order valence-corrected chi connectivity index (χ1v) is 3.74. The average Bonchev–Trinajstić information content (AvgIpc) is 1.59. The van der Waals surface area contributed by atoms with Crippen LogP contribution in [0.15, 0.2) is 0 Å². The smallest absolute Gasteiger partial charge is 0.811 e. The number of rotatable bonds is 3. The molecular formula is C3H5Na2O4P. The second kappa shape index (κ2) is 8.91. The van der Waals surface area contributed by atoms with Crippen molar-refractivity contribution in [2.24, 2.45) is 0 Å². The second-order valence-corrected chi connectivity index (χ2v) is 2.96. The minimum absolute atomic E-state index is 0. The van der Waals surface area contributed by atoms with E-state index < -0.39 is 13.8 Å². The number of carbonyl (C=O) groups excluding carboxylic acids is 1. The van der Waals surface area contributed by atoms with Crippen molar-refractivity contribution in [3.63, 3.8) is 0 Å². The Kier molecular flexibility index (Phi) is 15.9. The Bertz CT molecular complexity index is 122. The summed E-state index contributed by atoms with van der Waals surface area (Å²) in [5.74, 6) is 0. The van der Waals surface area contributed by atoms with Crippen LogP contribution in [0.1, 0.15) is 6.42 Å². The van der Waals surface area contributed by atoms with Crippen molar-refractivity contribution in [3.8, 4) is 0 Å². The minimum atomic E-state index is -4.41. The Balaban J connectivity index is -0.000000245. The Hall–Kier alpha value is 1.82. The van der Waals surface area contributed by atoms with Gasteiger partial charge in [-0.1, -0.05) is 7.60 Å². The molecule has 48 valence electrons. The summed E-state index contributed by atoms with van der Waals surface area (Å²) in [7, 11) is -4.41. The van der Waals surface area contributed by atoms with Crippen molar-refractivity contribution in [1.82, 2.24) is 0 Å². The summed E-state index contributed by atoms with van der Waals surface area (Å²) in [6, 6.07) is 0. The van der Waals surface area contributed by atoms with Crippen molar-refractivity contribution in [3.05, 3.63) is 0 Å². The molecule has 0 aromatic carbocycles. The molecule has 0 fully saturated rings. The zero-order chi connectivity index (χ0) is 6.62. The first-order chi connectivity index (χ1) is 3.56. The first-order valence-electron chi connectivity index (χ1n) is 2.01. The van der Waals surface area contributed by atoms with Gasteiger partial charge in [0, 0.05) is 6.42 Å². The first kappa shape index (κ1) is 17.8. The Morgan fingerprint density at radius 3 is 1.80 bits per heavy atom. The molecule has 0 heterocycles. The Morgan fingerprint density at radius 2 is 1.70 bits per heavy atom. The maximum absolute atomic E-state index is 9.70. The molecule has 0 bridgehead atoms. The predicted octanol–water partition coefficient (Wildman–Crippen LogP) is -7.50. The van der Waals surface area contributed by atoms with Gasteiger partial charge in [0.05, 0.1) is 0 Å². The standard InChI is InChI=1S/C3H7O4P.2Na/c4-2-1-3-8(5,6)7;;/h2H,1,3H2,(H2,5,6,7);;/q;2*+1/p-2. The minimum Gasteiger partial charge on any atom is -0.811 e. The SMILES string of the molecule is O=CCCP(=O)([O-])[O-].[Na+].[Na+]. The third kappa shape index (κ3) is 16.4. The van der Waals surface area contributed by atoms with Crippen LogP contribution in [0.25, 0.3) is 0 Å². The molecule has 10 heavy (non-hydrogen) atoms. The summed E-state index contributed by atoms with van der Waals surface area (Å²) < 4.78 is 9.70. The topological polar surface area (TPSA) is 80.3 Å². The van der Waals surface area contributed by atoms with Crippen molar-refractivity contribution in [1.29, 1.82) is 0 Å². The fourth-order valence-corrected chi connectivity index (χ4v) is 0.632. The Morgan fingerprint density at radius 1 is 1.30 bits per heavy atom. The molecule has 7 heteroatoms. The molecule has 0 saturated carbocycles. The zero-order valence-electron chi connectivity index (χ0n) is 6.07. The summed E-state index contributed by atoms with van der Waals surface area (Å²) in [6.45, 7) is 0. The van der Waals surface area contributed by atoms with Crippen LogP contribution in [0.5, 0.6) is 0 Å². The van der Waals surface area contributed by atoms with Gasteiger partial charge in [-0.05, 0) is 6.16 Å². The van der Waals surface area contributed by atoms with E-state index in [1.165, 1.54) is 0 Å². The molecule has 0 rings (SSSR count). The summed E-state index contributed by atoms with van der Waals surface area (Å²) in [5, 5.41) is 0. The van der Waals surface area contributed by atoms with E-state index in [4.69, 9.17) is 0 Å². The maximum Gasteiger partial charge on any atom is 1.00 e. The molecule has 0 aromatic heterocycles. The van der Waals surface area contributed by atoms with Gasteiger partial charge >= 0.3 is 59.1 Å². The van der Waals surface area contributed by atoms with E-state index >= 15 is 0 Å². The summed E-state index contributed by atoms with van der Waals surface area (Å²) in [5.41, 5.74) is 0. The fourth-order valence-electron chi connectivity index (χ4n) is 0.211. The fraction of sp³-hybridized carbons (Fsp3) is 0.667. The third-order valence-corrected chi connectivity index (χ3v) is 1.33. The van der Waals surface area contributed by atoms with Gasteiger partial charge in [0.15, 0.2) is 0 Å². The summed E-state index contributed by atoms with van der Waals surface area (Å²) >= 11 is 0. The van der Waals surface area contributed by atoms with Gasteiger partial charge in [0.2, 0.25) is 0 Å². The third-order valence-electron chi connectivity index (χ3n) is 0.521. The van der Waals surface area contributed by atoms with E-state index in [9.17, 15) is 19.1 Å². The summed E-state index contributed by atoms with van der Waals surface area (Å²) in [6.07, 6.45) is -0.344. The van der Waals surface area contributed by atoms with Crippen LogP contribution >= 0.6 is 7.60 Å². The molecule has 0 aliphatic heterocycles. The Labute approximate surface area is 104 Å². The number of hydrogen-bond donors (Lipinski definition) is 0. The van der Waals surface area contributed by atoms with Crippen molar-refractivity contribution in [2.75, 3.05) is 6.16 Å². The van der Waals surface area contributed by atoms with Crippen LogP contribution in [0, 0.1) is 0 Å². The summed E-state index contributed by atoms with van der Waals surface area (Å²) in [4.78, 5) is 28.9. The van der Waals surface area contributed by atoms with E-state index in [1.54, 1.807) is 0 Å². The van der Waals surface area contributed by atoms with Crippen molar-refractivity contribution in [2.45, 2.75) is 6.42 Å². The molecule has 0 aliphatic carbocycles. The number of carbonyl (C=O) groups is 1. The van der Waals surface area contributed by atoms with E-state index in [0.717, 1.165) is 0 Å². The van der Waals surface area contributed by atoms with Crippen molar-refractivity contribution >= 4 is 13.9 Å². The van der Waals surface area contributed by atoms with E-state index in [2.05, 4.69) is 0 Å². The molecule has 0 spiro atoms. The van der Waals surface area contributed by atoms with Crippen LogP contribution in [-0.4, -0.2) is 12.4 Å². The monoisotopic (exact) mass is 182 g/mol. The second-order valence-electron chi connectivity index (χ2n) is 1.29. The molecule has 0 atom stereocenters. The van der Waals surface area contributed by atoms with Gasteiger partial charge in [-0.3, -0.25) is 0 Å². The van der Waals surface area contributed by atoms with E-state index in [1.807, 2.05) is 0 Å². The zero-order valence-corrected chi connectivity index (χ0v) is 11.0. The van der Waals surface area contributed by atoms with Crippen LogP contribution in [0.2, 0.25) is 0 Å². The van der Waals surface area contributed by atoms with Crippen LogP contribution in [0.4, 0.5) is 0 Å². The molecule has 0 amide bonds. The molecule has 0 aromatic rings. The van der Waals surface area contributed by atoms with Gasteiger partial charge in [0.25, 0.3) is 0 Å². The van der Waals surface area contributed by atoms with E-state index in [-0.39, 0.29) is 65.5 Å². The molecule has 4 nitrogen and oxygen atoms in total. The average molecular weight is 182 g/mol. The maximum atomic E-state index is 9.70. The van der Waals surface area contributed by atoms with Crippen LogP contribution in [-0.2, 0) is 9.36 Å². The van der Waals surface area contributed by atoms with Crippen LogP contribution < -0.4 is 68.9 Å². The van der Waals surface area contributed by atoms with Crippen molar-refractivity contribution < 1.29 is 78.3 Å². The van der Waals surface area contributed by atoms with Crippen LogP contribution in [0.3, 0.4) is 0 Å². The number of aldehydes is 1. The van der Waals surface area contributed by atoms with Gasteiger partial charge < -0.3 is 19.1 Å². The largest absolute Gasteiger partial charge is 1.00 e. The molecule has 0 saturated heterocycles. The predicted molar refractivity (Wildman–Crippen MR) is 23.2 cm³/mol. The van der Waals surface area contributed by atoms with Gasteiger partial charge in [0.1, 0.15) is 6.29 Å². The molecular weight excluding hydrogens is 177 g/mol. The molecule has 0 unspecified atom stereocenters. The van der Waals surface area contributed by atoms with Gasteiger partial charge in [-0.25, -0.2) is 0 Å². The van der Waals surface area contributed by atoms with Gasteiger partial charge in [-0.15, -0.1) is 0 Å². The number of hydrogen-bond acceptors (Lipinski definition) is 4. The van der Waals surface area contributed by atoms with Gasteiger partial charge in [-0.2, -0.15) is 0 Å². The normalized spacial score (nSPS) is 9.00. The molecule has 0 N–H and O–H groups in total. The molecule has 0 aliphatic rings.